The third-order valence-corrected chi connectivity index (χ3v) is 4.41. The number of amides is 1. The van der Waals surface area contributed by atoms with Crippen molar-refractivity contribution in [1.82, 2.24) is 10.2 Å². The van der Waals surface area contributed by atoms with Crippen LogP contribution in [0.25, 0.3) is 0 Å². The Morgan fingerprint density at radius 2 is 2.19 bits per heavy atom. The van der Waals surface area contributed by atoms with Crippen molar-refractivity contribution in [3.63, 3.8) is 0 Å². The normalized spacial score (nSPS) is 21.9. The van der Waals surface area contributed by atoms with E-state index in [2.05, 4.69) is 33.2 Å². The molecule has 2 aliphatic heterocycles. The molecule has 0 bridgehead atoms. The second-order valence-corrected chi connectivity index (χ2v) is 6.41. The summed E-state index contributed by atoms with van der Waals surface area (Å²) in [5, 5.41) is 3.10. The summed E-state index contributed by atoms with van der Waals surface area (Å²) in [7, 11) is 2.08. The number of piperidine rings is 1. The van der Waals surface area contributed by atoms with Crippen molar-refractivity contribution in [2.75, 3.05) is 33.4 Å². The predicted octanol–water partition coefficient (Wildman–Crippen LogP) is 2.04. The molecule has 1 aromatic carbocycles. The van der Waals surface area contributed by atoms with Gasteiger partial charge in [0.2, 0.25) is 0 Å². The molecule has 6 heteroatoms. The van der Waals surface area contributed by atoms with Gasteiger partial charge >= 0.3 is 0 Å². The van der Waals surface area contributed by atoms with Gasteiger partial charge in [0.25, 0.3) is 5.91 Å². The molecule has 3 rings (SSSR count). The molecular formula is C15H19BrN2O3. The van der Waals surface area contributed by atoms with E-state index >= 15 is 0 Å². The second-order valence-electron chi connectivity index (χ2n) is 5.56. The molecule has 0 spiro atoms. The molecule has 2 heterocycles. The van der Waals surface area contributed by atoms with E-state index in [9.17, 15) is 4.79 Å². The molecule has 5 nitrogen and oxygen atoms in total. The number of nitrogens with one attached hydrogen (secondary N) is 1. The summed E-state index contributed by atoms with van der Waals surface area (Å²) in [5.74, 6) is 1.24. The van der Waals surface area contributed by atoms with Crippen LogP contribution in [0.1, 0.15) is 23.2 Å². The maximum absolute atomic E-state index is 12.4. The standard InChI is InChI=1S/C15H19BrN2O3/c1-18-4-2-3-11(9-18)17-15(19)10-7-12(16)14-13(8-10)20-5-6-21-14/h7-8,11H,2-6,9H2,1H3,(H,17,19). The highest BCUT2D eigenvalue weighted by molar-refractivity contribution is 9.10. The fraction of sp³-hybridized carbons (Fsp3) is 0.533. The highest BCUT2D eigenvalue weighted by Gasteiger charge is 2.22. The number of carbonyl (C=O) groups excluding carboxylic acids is 1. The first-order valence-electron chi connectivity index (χ1n) is 7.22. The van der Waals surface area contributed by atoms with Crippen molar-refractivity contribution in [3.8, 4) is 11.5 Å². The first kappa shape index (κ1) is 14.7. The number of nitrogens with zero attached hydrogens (tertiary/aromatic N) is 1. The Labute approximate surface area is 132 Å². The van der Waals surface area contributed by atoms with E-state index < -0.39 is 0 Å². The van der Waals surface area contributed by atoms with E-state index in [4.69, 9.17) is 9.47 Å². The summed E-state index contributed by atoms with van der Waals surface area (Å²) >= 11 is 3.44. The predicted molar refractivity (Wildman–Crippen MR) is 83.1 cm³/mol. The number of hydrogen-bond donors (Lipinski definition) is 1. The van der Waals surface area contributed by atoms with Gasteiger partial charge in [-0.25, -0.2) is 0 Å². The summed E-state index contributed by atoms with van der Waals surface area (Å²) < 4.78 is 11.9. The Hall–Kier alpha value is -1.27. The third-order valence-electron chi connectivity index (χ3n) is 3.82. The zero-order valence-electron chi connectivity index (χ0n) is 12.0. The monoisotopic (exact) mass is 354 g/mol. The number of fused-ring (bicyclic) bond motifs is 1. The van der Waals surface area contributed by atoms with Gasteiger partial charge < -0.3 is 19.7 Å². The first-order valence-corrected chi connectivity index (χ1v) is 8.01. The molecule has 1 fully saturated rings. The van der Waals surface area contributed by atoms with E-state index in [1.54, 1.807) is 12.1 Å². The van der Waals surface area contributed by atoms with E-state index in [0.29, 0.717) is 30.3 Å². The number of hydrogen-bond acceptors (Lipinski definition) is 4. The van der Waals surface area contributed by atoms with Crippen LogP contribution in [-0.4, -0.2) is 50.2 Å². The van der Waals surface area contributed by atoms with Crippen molar-refractivity contribution >= 4 is 21.8 Å². The highest BCUT2D eigenvalue weighted by Crippen LogP contribution is 2.38. The Morgan fingerprint density at radius 3 is 3.00 bits per heavy atom. The van der Waals surface area contributed by atoms with Crippen LogP contribution in [0.15, 0.2) is 16.6 Å². The molecule has 1 amide bonds. The zero-order valence-corrected chi connectivity index (χ0v) is 13.6. The minimum absolute atomic E-state index is 0.0621. The summed E-state index contributed by atoms with van der Waals surface area (Å²) in [6.45, 7) is 3.04. The molecule has 114 valence electrons. The van der Waals surface area contributed by atoms with Crippen LogP contribution >= 0.6 is 15.9 Å². The molecule has 0 aromatic heterocycles. The van der Waals surface area contributed by atoms with Gasteiger partial charge in [-0.05, 0) is 54.5 Å². The quantitative estimate of drug-likeness (QED) is 0.882. The van der Waals surface area contributed by atoms with Crippen LogP contribution in [-0.2, 0) is 0 Å². The van der Waals surface area contributed by atoms with Gasteiger partial charge in [0.05, 0.1) is 4.47 Å². The van der Waals surface area contributed by atoms with Crippen molar-refractivity contribution in [2.45, 2.75) is 18.9 Å². The highest BCUT2D eigenvalue weighted by atomic mass is 79.9. The SMILES string of the molecule is CN1CCCC(NC(=O)c2cc(Br)c3c(c2)OCCO3)C1. The number of benzene rings is 1. The summed E-state index contributed by atoms with van der Waals surface area (Å²) in [5.41, 5.74) is 0.597. The third kappa shape index (κ3) is 3.32. The first-order chi connectivity index (χ1) is 10.1. The molecule has 21 heavy (non-hydrogen) atoms. The van der Waals surface area contributed by atoms with Gasteiger partial charge in [-0.1, -0.05) is 0 Å². The molecule has 1 aromatic rings. The Kier molecular flexibility index (Phi) is 4.35. The Morgan fingerprint density at radius 1 is 1.38 bits per heavy atom. The van der Waals surface area contributed by atoms with Crippen LogP contribution in [0.5, 0.6) is 11.5 Å². The summed E-state index contributed by atoms with van der Waals surface area (Å²) in [6.07, 6.45) is 2.15. The van der Waals surface area contributed by atoms with Crippen LogP contribution in [0.4, 0.5) is 0 Å². The number of carbonyl (C=O) groups is 1. The number of likely N-dealkylation sites (N-methyl/N-ethyl adjacent to an activating group) is 1. The van der Waals surface area contributed by atoms with Crippen molar-refractivity contribution in [3.05, 3.63) is 22.2 Å². The van der Waals surface area contributed by atoms with Crippen LogP contribution < -0.4 is 14.8 Å². The van der Waals surface area contributed by atoms with E-state index in [1.807, 2.05) is 0 Å². The summed E-state index contributed by atoms with van der Waals surface area (Å²) in [4.78, 5) is 14.7. The maximum atomic E-state index is 12.4. The minimum Gasteiger partial charge on any atom is -0.486 e. The number of likely N-dealkylation sites (tertiary alicyclic amines) is 1. The fourth-order valence-corrected chi connectivity index (χ4v) is 3.35. The Balaban J connectivity index is 1.74. The lowest BCUT2D eigenvalue weighted by molar-refractivity contribution is 0.0911. The molecule has 0 radical (unpaired) electrons. The van der Waals surface area contributed by atoms with Gasteiger partial charge in [0.15, 0.2) is 11.5 Å². The van der Waals surface area contributed by atoms with E-state index in [1.165, 1.54) is 0 Å². The molecule has 1 N–H and O–H groups in total. The second kappa shape index (κ2) is 6.23. The van der Waals surface area contributed by atoms with Gasteiger partial charge in [-0.15, -0.1) is 0 Å². The van der Waals surface area contributed by atoms with Gasteiger partial charge in [-0.3, -0.25) is 4.79 Å². The zero-order chi connectivity index (χ0) is 14.8. The largest absolute Gasteiger partial charge is 0.486 e. The molecule has 2 aliphatic rings. The lowest BCUT2D eigenvalue weighted by Crippen LogP contribution is -2.46. The van der Waals surface area contributed by atoms with Crippen molar-refractivity contribution in [2.24, 2.45) is 0 Å². The van der Waals surface area contributed by atoms with Crippen molar-refractivity contribution < 1.29 is 14.3 Å². The molecule has 0 saturated carbocycles. The van der Waals surface area contributed by atoms with Crippen molar-refractivity contribution in [1.29, 1.82) is 0 Å². The molecule has 1 saturated heterocycles. The number of halogens is 1. The van der Waals surface area contributed by atoms with E-state index in [-0.39, 0.29) is 11.9 Å². The number of rotatable bonds is 2. The lowest BCUT2D eigenvalue weighted by atomic mass is 10.1. The van der Waals surface area contributed by atoms with Crippen LogP contribution in [0, 0.1) is 0 Å². The van der Waals surface area contributed by atoms with Crippen LogP contribution in [0.2, 0.25) is 0 Å². The van der Waals surface area contributed by atoms with Gasteiger partial charge in [-0.2, -0.15) is 0 Å². The minimum atomic E-state index is -0.0621. The Bertz CT molecular complexity index is 550. The number of ether oxygens (including phenoxy) is 2. The molecule has 1 atom stereocenters. The molecule has 1 unspecified atom stereocenters. The van der Waals surface area contributed by atoms with Gasteiger partial charge in [0, 0.05) is 18.2 Å². The van der Waals surface area contributed by atoms with Gasteiger partial charge in [0.1, 0.15) is 13.2 Å². The maximum Gasteiger partial charge on any atom is 0.251 e. The average Bonchev–Trinajstić information content (AvgIpc) is 2.47. The molecular weight excluding hydrogens is 336 g/mol. The van der Waals surface area contributed by atoms with E-state index in [0.717, 1.165) is 30.4 Å². The smallest absolute Gasteiger partial charge is 0.251 e. The fourth-order valence-electron chi connectivity index (χ4n) is 2.79. The topological polar surface area (TPSA) is 50.8 Å². The average molecular weight is 355 g/mol. The molecule has 0 aliphatic carbocycles. The summed E-state index contributed by atoms with van der Waals surface area (Å²) in [6, 6.07) is 3.75. The van der Waals surface area contributed by atoms with Crippen LogP contribution in [0.3, 0.4) is 0 Å². The lowest BCUT2D eigenvalue weighted by Gasteiger charge is -2.30.